The van der Waals surface area contributed by atoms with E-state index in [2.05, 4.69) is 18.1 Å². The smallest absolute Gasteiger partial charge is 0.123 e. The summed E-state index contributed by atoms with van der Waals surface area (Å²) in [6.07, 6.45) is 8.28. The van der Waals surface area contributed by atoms with Crippen LogP contribution >= 0.6 is 0 Å². The highest BCUT2D eigenvalue weighted by Gasteiger charge is 2.08. The third kappa shape index (κ3) is 3.45. The molecule has 1 heterocycles. The summed E-state index contributed by atoms with van der Waals surface area (Å²) in [6, 6.07) is 6.28. The van der Waals surface area contributed by atoms with Crippen molar-refractivity contribution in [3.05, 3.63) is 42.0 Å². The Kier molecular flexibility index (Phi) is 4.89. The fourth-order valence-corrected chi connectivity index (χ4v) is 2.18. The van der Waals surface area contributed by atoms with Crippen LogP contribution in [0.15, 0.2) is 30.6 Å². The van der Waals surface area contributed by atoms with E-state index < -0.39 is 0 Å². The SMILES string of the molecule is CCCCCCn1cc(-c2cc(F)ccc2C#N)cn1. The standard InChI is InChI=1S/C16H18FN3/c1-2-3-4-5-8-20-12-14(11-19-20)16-9-15(17)7-6-13(16)10-18/h6-7,9,11-12H,2-5,8H2,1H3. The lowest BCUT2D eigenvalue weighted by atomic mass is 10.0. The van der Waals surface area contributed by atoms with E-state index in [-0.39, 0.29) is 5.82 Å². The van der Waals surface area contributed by atoms with Gasteiger partial charge in [-0.2, -0.15) is 10.4 Å². The summed E-state index contributed by atoms with van der Waals surface area (Å²) in [6.45, 7) is 3.04. The van der Waals surface area contributed by atoms with Crippen molar-refractivity contribution in [3.8, 4) is 17.2 Å². The van der Waals surface area contributed by atoms with E-state index in [1.54, 1.807) is 6.20 Å². The van der Waals surface area contributed by atoms with Crippen LogP contribution in [0.2, 0.25) is 0 Å². The van der Waals surface area contributed by atoms with Gasteiger partial charge in [0.15, 0.2) is 0 Å². The van der Waals surface area contributed by atoms with E-state index in [1.807, 2.05) is 10.9 Å². The zero-order chi connectivity index (χ0) is 14.4. The van der Waals surface area contributed by atoms with Crippen molar-refractivity contribution in [2.75, 3.05) is 0 Å². The number of benzene rings is 1. The molecule has 4 heteroatoms. The van der Waals surface area contributed by atoms with Gasteiger partial charge in [0.2, 0.25) is 0 Å². The van der Waals surface area contributed by atoms with Gasteiger partial charge < -0.3 is 0 Å². The number of aryl methyl sites for hydroxylation is 1. The highest BCUT2D eigenvalue weighted by molar-refractivity contribution is 5.69. The fourth-order valence-electron chi connectivity index (χ4n) is 2.18. The molecule has 0 N–H and O–H groups in total. The average molecular weight is 271 g/mol. The first kappa shape index (κ1) is 14.3. The monoisotopic (exact) mass is 271 g/mol. The molecule has 3 nitrogen and oxygen atoms in total. The molecular weight excluding hydrogens is 253 g/mol. The van der Waals surface area contributed by atoms with Crippen molar-refractivity contribution in [2.45, 2.75) is 39.2 Å². The van der Waals surface area contributed by atoms with E-state index >= 15 is 0 Å². The molecule has 1 aromatic carbocycles. The molecule has 2 rings (SSSR count). The second-order valence-electron chi connectivity index (χ2n) is 4.85. The molecule has 2 aromatic rings. The van der Waals surface area contributed by atoms with Crippen LogP contribution < -0.4 is 0 Å². The van der Waals surface area contributed by atoms with Gasteiger partial charge in [0.1, 0.15) is 5.82 Å². The lowest BCUT2D eigenvalue weighted by Crippen LogP contribution is -1.97. The summed E-state index contributed by atoms with van der Waals surface area (Å²) in [5.41, 5.74) is 1.86. The topological polar surface area (TPSA) is 41.6 Å². The molecule has 0 radical (unpaired) electrons. The van der Waals surface area contributed by atoms with Gasteiger partial charge in [0, 0.05) is 23.9 Å². The Hall–Kier alpha value is -2.15. The zero-order valence-corrected chi connectivity index (χ0v) is 11.6. The fraction of sp³-hybridized carbons (Fsp3) is 0.375. The van der Waals surface area contributed by atoms with Crippen LogP contribution in [0.1, 0.15) is 38.2 Å². The Balaban J connectivity index is 2.13. The van der Waals surface area contributed by atoms with E-state index in [9.17, 15) is 4.39 Å². The molecule has 0 unspecified atom stereocenters. The zero-order valence-electron chi connectivity index (χ0n) is 11.6. The van der Waals surface area contributed by atoms with Crippen LogP contribution in [0.5, 0.6) is 0 Å². The van der Waals surface area contributed by atoms with Gasteiger partial charge in [-0.15, -0.1) is 0 Å². The summed E-state index contributed by atoms with van der Waals surface area (Å²) in [7, 11) is 0. The van der Waals surface area contributed by atoms with Crippen LogP contribution in [0.4, 0.5) is 4.39 Å². The number of hydrogen-bond donors (Lipinski definition) is 0. The van der Waals surface area contributed by atoms with Crippen LogP contribution in [-0.2, 0) is 6.54 Å². The number of rotatable bonds is 6. The molecule has 0 aliphatic carbocycles. The lowest BCUT2D eigenvalue weighted by Gasteiger charge is -2.02. The highest BCUT2D eigenvalue weighted by atomic mass is 19.1. The predicted molar refractivity (Wildman–Crippen MR) is 76.5 cm³/mol. The number of halogens is 1. The van der Waals surface area contributed by atoms with E-state index in [0.717, 1.165) is 18.5 Å². The molecule has 1 aromatic heterocycles. The first-order valence-electron chi connectivity index (χ1n) is 6.97. The Morgan fingerprint density at radius 1 is 1.30 bits per heavy atom. The summed E-state index contributed by atoms with van der Waals surface area (Å²) in [5, 5.41) is 13.4. The first-order valence-corrected chi connectivity index (χ1v) is 6.97. The highest BCUT2D eigenvalue weighted by Crippen LogP contribution is 2.24. The van der Waals surface area contributed by atoms with Crippen molar-refractivity contribution in [3.63, 3.8) is 0 Å². The first-order chi connectivity index (χ1) is 9.74. The molecule has 0 saturated heterocycles. The molecule has 0 atom stereocenters. The molecular formula is C16H18FN3. The van der Waals surface area contributed by atoms with Gasteiger partial charge in [-0.05, 0) is 24.6 Å². The van der Waals surface area contributed by atoms with Crippen molar-refractivity contribution in [1.29, 1.82) is 5.26 Å². The largest absolute Gasteiger partial charge is 0.272 e. The number of nitrogens with zero attached hydrogens (tertiary/aromatic N) is 3. The molecule has 0 saturated carbocycles. The van der Waals surface area contributed by atoms with E-state index in [4.69, 9.17) is 5.26 Å². The Labute approximate surface area is 118 Å². The maximum atomic E-state index is 13.3. The maximum Gasteiger partial charge on any atom is 0.123 e. The van der Waals surface area contributed by atoms with Gasteiger partial charge in [-0.25, -0.2) is 4.39 Å². The second kappa shape index (κ2) is 6.85. The van der Waals surface area contributed by atoms with E-state index in [1.165, 1.54) is 37.5 Å². The summed E-state index contributed by atoms with van der Waals surface area (Å²) < 4.78 is 15.2. The summed E-state index contributed by atoms with van der Waals surface area (Å²) in [5.74, 6) is -0.338. The minimum absolute atomic E-state index is 0.338. The minimum atomic E-state index is -0.338. The summed E-state index contributed by atoms with van der Waals surface area (Å²) >= 11 is 0. The molecule has 0 bridgehead atoms. The van der Waals surface area contributed by atoms with Crippen molar-refractivity contribution >= 4 is 0 Å². The van der Waals surface area contributed by atoms with Crippen LogP contribution in [0.25, 0.3) is 11.1 Å². The Morgan fingerprint density at radius 3 is 2.90 bits per heavy atom. The van der Waals surface area contributed by atoms with Gasteiger partial charge >= 0.3 is 0 Å². The molecule has 0 aliphatic heterocycles. The number of aromatic nitrogens is 2. The van der Waals surface area contributed by atoms with Crippen molar-refractivity contribution in [2.24, 2.45) is 0 Å². The Bertz CT molecular complexity index is 610. The predicted octanol–water partition coefficient (Wildman–Crippen LogP) is 4.14. The number of nitriles is 1. The number of unbranched alkanes of at least 4 members (excludes halogenated alkanes) is 3. The van der Waals surface area contributed by atoms with E-state index in [0.29, 0.717) is 11.1 Å². The lowest BCUT2D eigenvalue weighted by molar-refractivity contribution is 0.541. The number of hydrogen-bond acceptors (Lipinski definition) is 2. The van der Waals surface area contributed by atoms with Gasteiger partial charge in [0.05, 0.1) is 17.8 Å². The minimum Gasteiger partial charge on any atom is -0.272 e. The van der Waals surface area contributed by atoms with Crippen LogP contribution in [0.3, 0.4) is 0 Å². The van der Waals surface area contributed by atoms with Crippen LogP contribution in [-0.4, -0.2) is 9.78 Å². The third-order valence-electron chi connectivity index (χ3n) is 3.29. The van der Waals surface area contributed by atoms with Gasteiger partial charge in [0.25, 0.3) is 0 Å². The van der Waals surface area contributed by atoms with Crippen molar-refractivity contribution < 1.29 is 4.39 Å². The average Bonchev–Trinajstić information content (AvgIpc) is 2.92. The molecule has 0 fully saturated rings. The normalized spacial score (nSPS) is 10.4. The Morgan fingerprint density at radius 2 is 2.15 bits per heavy atom. The van der Waals surface area contributed by atoms with Crippen molar-refractivity contribution in [1.82, 2.24) is 9.78 Å². The van der Waals surface area contributed by atoms with Gasteiger partial charge in [-0.3, -0.25) is 4.68 Å². The maximum absolute atomic E-state index is 13.3. The quantitative estimate of drug-likeness (QED) is 0.741. The molecule has 104 valence electrons. The molecule has 20 heavy (non-hydrogen) atoms. The molecule has 0 spiro atoms. The third-order valence-corrected chi connectivity index (χ3v) is 3.29. The second-order valence-corrected chi connectivity index (χ2v) is 4.85. The molecule has 0 aliphatic rings. The molecule has 0 amide bonds. The van der Waals surface area contributed by atoms with Gasteiger partial charge in [-0.1, -0.05) is 26.2 Å². The summed E-state index contributed by atoms with van der Waals surface area (Å²) in [4.78, 5) is 0. The van der Waals surface area contributed by atoms with Crippen LogP contribution in [0, 0.1) is 17.1 Å².